The van der Waals surface area contributed by atoms with Gasteiger partial charge in [-0.15, -0.1) is 0 Å². The Labute approximate surface area is 113 Å². The highest BCUT2D eigenvalue weighted by Crippen LogP contribution is 2.10. The van der Waals surface area contributed by atoms with Crippen molar-refractivity contribution in [2.75, 3.05) is 5.32 Å². The zero-order chi connectivity index (χ0) is 14.4. The van der Waals surface area contributed by atoms with Crippen LogP contribution in [0.4, 0.5) is 10.5 Å². The van der Waals surface area contributed by atoms with Crippen molar-refractivity contribution in [1.29, 1.82) is 0 Å². The molecule has 104 valence electrons. The van der Waals surface area contributed by atoms with E-state index in [1.54, 1.807) is 24.3 Å². The lowest BCUT2D eigenvalue weighted by Crippen LogP contribution is -2.34. The SMILES string of the molecule is CC(C)NC(=O)Nc1cccc(C(=O)NC(C)C)c1. The van der Waals surface area contributed by atoms with Crippen LogP contribution in [0.3, 0.4) is 0 Å². The molecule has 0 aliphatic rings. The van der Waals surface area contributed by atoms with E-state index < -0.39 is 0 Å². The third kappa shape index (κ3) is 5.42. The van der Waals surface area contributed by atoms with Crippen molar-refractivity contribution in [3.05, 3.63) is 29.8 Å². The fourth-order valence-corrected chi connectivity index (χ4v) is 1.51. The van der Waals surface area contributed by atoms with E-state index in [9.17, 15) is 9.59 Å². The van der Waals surface area contributed by atoms with Crippen molar-refractivity contribution >= 4 is 17.6 Å². The molecule has 0 aliphatic heterocycles. The molecule has 0 heterocycles. The normalized spacial score (nSPS) is 10.4. The summed E-state index contributed by atoms with van der Waals surface area (Å²) in [6.45, 7) is 7.56. The Morgan fingerprint density at radius 2 is 1.63 bits per heavy atom. The lowest BCUT2D eigenvalue weighted by molar-refractivity contribution is 0.0943. The van der Waals surface area contributed by atoms with Gasteiger partial charge < -0.3 is 16.0 Å². The summed E-state index contributed by atoms with van der Waals surface area (Å²) >= 11 is 0. The first-order valence-electron chi connectivity index (χ1n) is 6.37. The van der Waals surface area contributed by atoms with E-state index in [-0.39, 0.29) is 24.0 Å². The highest BCUT2D eigenvalue weighted by Gasteiger charge is 2.09. The Morgan fingerprint density at radius 3 is 2.21 bits per heavy atom. The maximum absolute atomic E-state index is 11.8. The van der Waals surface area contributed by atoms with E-state index in [4.69, 9.17) is 0 Å². The number of anilines is 1. The summed E-state index contributed by atoms with van der Waals surface area (Å²) in [4.78, 5) is 23.4. The summed E-state index contributed by atoms with van der Waals surface area (Å²) in [5.41, 5.74) is 1.12. The molecule has 0 aliphatic carbocycles. The van der Waals surface area contributed by atoms with Gasteiger partial charge in [0.1, 0.15) is 0 Å². The highest BCUT2D eigenvalue weighted by molar-refractivity contribution is 5.97. The quantitative estimate of drug-likeness (QED) is 0.780. The van der Waals surface area contributed by atoms with Crippen LogP contribution >= 0.6 is 0 Å². The standard InChI is InChI=1S/C14H21N3O2/c1-9(2)15-13(18)11-6-5-7-12(8-11)17-14(19)16-10(3)4/h5-10H,1-4H3,(H,15,18)(H2,16,17,19). The number of benzene rings is 1. The summed E-state index contributed by atoms with van der Waals surface area (Å²) in [7, 11) is 0. The van der Waals surface area contributed by atoms with Crippen LogP contribution in [0.15, 0.2) is 24.3 Å². The van der Waals surface area contributed by atoms with Crippen LogP contribution in [0.5, 0.6) is 0 Å². The van der Waals surface area contributed by atoms with Crippen molar-refractivity contribution in [2.45, 2.75) is 39.8 Å². The molecule has 5 heteroatoms. The average Bonchev–Trinajstić information content (AvgIpc) is 2.27. The lowest BCUT2D eigenvalue weighted by atomic mass is 10.2. The monoisotopic (exact) mass is 263 g/mol. The molecule has 0 bridgehead atoms. The minimum atomic E-state index is -0.281. The van der Waals surface area contributed by atoms with Gasteiger partial charge >= 0.3 is 6.03 Å². The van der Waals surface area contributed by atoms with Crippen LogP contribution in [-0.4, -0.2) is 24.0 Å². The minimum absolute atomic E-state index is 0.0624. The van der Waals surface area contributed by atoms with Gasteiger partial charge in [-0.3, -0.25) is 4.79 Å². The molecule has 3 amide bonds. The molecule has 19 heavy (non-hydrogen) atoms. The number of urea groups is 1. The van der Waals surface area contributed by atoms with Gasteiger partial charge in [-0.05, 0) is 45.9 Å². The van der Waals surface area contributed by atoms with Crippen LogP contribution in [0.2, 0.25) is 0 Å². The van der Waals surface area contributed by atoms with Crippen molar-refractivity contribution in [2.24, 2.45) is 0 Å². The Bertz CT molecular complexity index is 456. The number of amides is 3. The molecule has 0 unspecified atom stereocenters. The Hall–Kier alpha value is -2.04. The Balaban J connectivity index is 2.72. The van der Waals surface area contributed by atoms with E-state index in [0.29, 0.717) is 11.3 Å². The van der Waals surface area contributed by atoms with Gasteiger partial charge in [0.15, 0.2) is 0 Å². The first-order valence-corrected chi connectivity index (χ1v) is 6.37. The maximum Gasteiger partial charge on any atom is 0.319 e. The fraction of sp³-hybridized carbons (Fsp3) is 0.429. The molecular formula is C14H21N3O2. The number of rotatable bonds is 4. The number of hydrogen-bond donors (Lipinski definition) is 3. The Morgan fingerprint density at radius 1 is 1.00 bits per heavy atom. The van der Waals surface area contributed by atoms with Crippen LogP contribution in [0.25, 0.3) is 0 Å². The van der Waals surface area contributed by atoms with Gasteiger partial charge in [0.2, 0.25) is 0 Å². The Kier molecular flexibility index (Phi) is 5.36. The zero-order valence-electron chi connectivity index (χ0n) is 11.8. The third-order valence-electron chi connectivity index (χ3n) is 2.22. The molecule has 1 aromatic carbocycles. The van der Waals surface area contributed by atoms with Crippen molar-refractivity contribution in [3.63, 3.8) is 0 Å². The minimum Gasteiger partial charge on any atom is -0.350 e. The number of carbonyl (C=O) groups is 2. The van der Waals surface area contributed by atoms with Crippen molar-refractivity contribution in [3.8, 4) is 0 Å². The second-order valence-electron chi connectivity index (χ2n) is 4.96. The largest absolute Gasteiger partial charge is 0.350 e. The number of hydrogen-bond acceptors (Lipinski definition) is 2. The molecule has 0 aromatic heterocycles. The first-order chi connectivity index (χ1) is 8.88. The number of nitrogens with one attached hydrogen (secondary N) is 3. The third-order valence-corrected chi connectivity index (χ3v) is 2.22. The van der Waals surface area contributed by atoms with Crippen LogP contribution in [-0.2, 0) is 0 Å². The van der Waals surface area contributed by atoms with Crippen molar-refractivity contribution in [1.82, 2.24) is 10.6 Å². The van der Waals surface area contributed by atoms with E-state index >= 15 is 0 Å². The maximum atomic E-state index is 11.8. The van der Waals surface area contributed by atoms with Gasteiger partial charge in [-0.25, -0.2) is 4.79 Å². The smallest absolute Gasteiger partial charge is 0.319 e. The summed E-state index contributed by atoms with van der Waals surface area (Å²) in [5, 5.41) is 8.22. The second-order valence-corrected chi connectivity index (χ2v) is 4.96. The number of carbonyl (C=O) groups excluding carboxylic acids is 2. The van der Waals surface area contributed by atoms with Crippen LogP contribution in [0.1, 0.15) is 38.1 Å². The molecule has 0 atom stereocenters. The predicted octanol–water partition coefficient (Wildman–Crippen LogP) is 2.35. The van der Waals surface area contributed by atoms with E-state index in [1.165, 1.54) is 0 Å². The fourth-order valence-electron chi connectivity index (χ4n) is 1.51. The lowest BCUT2D eigenvalue weighted by Gasteiger charge is -2.12. The van der Waals surface area contributed by atoms with E-state index in [1.807, 2.05) is 27.7 Å². The van der Waals surface area contributed by atoms with Crippen LogP contribution in [0, 0.1) is 0 Å². The molecule has 0 saturated carbocycles. The average molecular weight is 263 g/mol. The van der Waals surface area contributed by atoms with E-state index in [2.05, 4.69) is 16.0 Å². The van der Waals surface area contributed by atoms with Gasteiger partial charge in [-0.1, -0.05) is 6.07 Å². The second kappa shape index (κ2) is 6.78. The van der Waals surface area contributed by atoms with Gasteiger partial charge in [-0.2, -0.15) is 0 Å². The van der Waals surface area contributed by atoms with Crippen LogP contribution < -0.4 is 16.0 Å². The molecule has 0 spiro atoms. The van der Waals surface area contributed by atoms with Gasteiger partial charge in [0, 0.05) is 23.3 Å². The summed E-state index contributed by atoms with van der Waals surface area (Å²) in [5.74, 6) is -0.150. The summed E-state index contributed by atoms with van der Waals surface area (Å²) < 4.78 is 0. The van der Waals surface area contributed by atoms with Gasteiger partial charge in [0.25, 0.3) is 5.91 Å². The summed E-state index contributed by atoms with van der Waals surface area (Å²) in [6, 6.07) is 6.70. The van der Waals surface area contributed by atoms with Crippen molar-refractivity contribution < 1.29 is 9.59 Å². The molecule has 3 N–H and O–H groups in total. The molecule has 1 aromatic rings. The molecule has 0 fully saturated rings. The van der Waals surface area contributed by atoms with Gasteiger partial charge in [0.05, 0.1) is 0 Å². The predicted molar refractivity (Wildman–Crippen MR) is 76.3 cm³/mol. The first kappa shape index (κ1) is 15.0. The van der Waals surface area contributed by atoms with E-state index in [0.717, 1.165) is 0 Å². The molecule has 0 radical (unpaired) electrons. The molecule has 5 nitrogen and oxygen atoms in total. The molecule has 0 saturated heterocycles. The zero-order valence-corrected chi connectivity index (χ0v) is 11.8. The highest BCUT2D eigenvalue weighted by atomic mass is 16.2. The summed E-state index contributed by atoms with van der Waals surface area (Å²) in [6.07, 6.45) is 0. The molecular weight excluding hydrogens is 242 g/mol. The topological polar surface area (TPSA) is 70.2 Å². The molecule has 1 rings (SSSR count).